The van der Waals surface area contributed by atoms with Crippen LogP contribution < -0.4 is 4.90 Å². The van der Waals surface area contributed by atoms with E-state index in [1.807, 2.05) is 18.2 Å². The van der Waals surface area contributed by atoms with Gasteiger partial charge in [-0.2, -0.15) is 0 Å². The molecule has 2 heterocycles. The second kappa shape index (κ2) is 7.18. The number of hydrogen-bond acceptors (Lipinski definition) is 6. The van der Waals surface area contributed by atoms with E-state index in [1.165, 1.54) is 16.2 Å². The molecule has 2 aromatic carbocycles. The monoisotopic (exact) mass is 411 g/mol. The third-order valence-electron chi connectivity index (χ3n) is 4.40. The van der Waals surface area contributed by atoms with Crippen molar-refractivity contribution in [1.29, 1.82) is 0 Å². The number of aromatic nitrogens is 2. The Morgan fingerprint density at radius 1 is 1.07 bits per heavy atom. The van der Waals surface area contributed by atoms with E-state index in [-0.39, 0.29) is 11.3 Å². The Bertz CT molecular complexity index is 1090. The van der Waals surface area contributed by atoms with Crippen molar-refractivity contribution in [2.24, 2.45) is 0 Å². The van der Waals surface area contributed by atoms with Gasteiger partial charge in [0.05, 0.1) is 11.6 Å². The summed E-state index contributed by atoms with van der Waals surface area (Å²) < 4.78 is 0. The van der Waals surface area contributed by atoms with E-state index in [0.29, 0.717) is 26.3 Å². The first kappa shape index (κ1) is 18.3. The van der Waals surface area contributed by atoms with Gasteiger partial charge in [0.2, 0.25) is 5.13 Å². The molecular weight excluding hydrogens is 398 g/mol. The Labute approximate surface area is 169 Å². The molecule has 0 aliphatic carbocycles. The minimum Gasteiger partial charge on any atom is -0.507 e. The first-order valence-electron chi connectivity index (χ1n) is 8.39. The minimum atomic E-state index is -0.802. The van der Waals surface area contributed by atoms with Crippen molar-refractivity contribution < 1.29 is 14.7 Å². The van der Waals surface area contributed by atoms with Crippen molar-refractivity contribution in [2.45, 2.75) is 13.0 Å². The predicted molar refractivity (Wildman–Crippen MR) is 107 cm³/mol. The summed E-state index contributed by atoms with van der Waals surface area (Å²) in [5, 5.41) is 20.4. The maximum absolute atomic E-state index is 12.9. The zero-order chi connectivity index (χ0) is 19.8. The highest BCUT2D eigenvalue weighted by Gasteiger charge is 2.48. The molecule has 0 saturated carbocycles. The number of rotatable bonds is 3. The molecule has 1 atom stereocenters. The van der Waals surface area contributed by atoms with Gasteiger partial charge in [0, 0.05) is 10.6 Å². The van der Waals surface area contributed by atoms with Gasteiger partial charge in [0.25, 0.3) is 5.78 Å². The second-order valence-electron chi connectivity index (χ2n) is 6.19. The fourth-order valence-corrected chi connectivity index (χ4v) is 3.97. The van der Waals surface area contributed by atoms with Crippen LogP contribution in [0.25, 0.3) is 5.76 Å². The summed E-state index contributed by atoms with van der Waals surface area (Å²) >= 11 is 7.13. The third-order valence-corrected chi connectivity index (χ3v) is 5.49. The van der Waals surface area contributed by atoms with Crippen LogP contribution in [0.1, 0.15) is 22.2 Å². The smallest absolute Gasteiger partial charge is 0.301 e. The molecule has 1 aliphatic heterocycles. The van der Waals surface area contributed by atoms with Crippen molar-refractivity contribution >= 4 is 45.5 Å². The number of aliphatic hydroxyl groups excluding tert-OH is 1. The van der Waals surface area contributed by atoms with Gasteiger partial charge in [-0.3, -0.25) is 14.5 Å². The molecule has 1 fully saturated rings. The molecule has 6 nitrogen and oxygen atoms in total. The Morgan fingerprint density at radius 3 is 2.36 bits per heavy atom. The standard InChI is InChI=1S/C20H14ClN3O3S/c1-11-22-23-20(28-11)24-16(12-5-3-2-4-6-12)15(18(26)19(24)27)17(25)13-7-9-14(21)10-8-13/h2-10,16,25H,1H3/b17-15-. The number of anilines is 1. The molecule has 3 aromatic rings. The average molecular weight is 412 g/mol. The molecular formula is C20H14ClN3O3S. The fraction of sp³-hybridized carbons (Fsp3) is 0.100. The lowest BCUT2D eigenvalue weighted by Gasteiger charge is -2.22. The number of carbonyl (C=O) groups excluding carboxylic acids is 2. The van der Waals surface area contributed by atoms with Crippen LogP contribution in [0.2, 0.25) is 5.02 Å². The number of nitrogens with zero attached hydrogens (tertiary/aromatic N) is 3. The van der Waals surface area contributed by atoms with Crippen LogP contribution in [0.3, 0.4) is 0 Å². The quantitative estimate of drug-likeness (QED) is 0.398. The first-order valence-corrected chi connectivity index (χ1v) is 9.59. The molecule has 1 aliphatic rings. The van der Waals surface area contributed by atoms with Crippen molar-refractivity contribution in [1.82, 2.24) is 10.2 Å². The number of hydrogen-bond donors (Lipinski definition) is 1. The van der Waals surface area contributed by atoms with E-state index < -0.39 is 17.7 Å². The van der Waals surface area contributed by atoms with E-state index in [9.17, 15) is 14.7 Å². The van der Waals surface area contributed by atoms with Crippen LogP contribution >= 0.6 is 22.9 Å². The average Bonchev–Trinajstić information content (AvgIpc) is 3.24. The van der Waals surface area contributed by atoms with Crippen molar-refractivity contribution in [3.8, 4) is 0 Å². The molecule has 1 aromatic heterocycles. The Morgan fingerprint density at radius 2 is 1.75 bits per heavy atom. The molecule has 1 saturated heterocycles. The normalized spacial score (nSPS) is 18.6. The van der Waals surface area contributed by atoms with Crippen molar-refractivity contribution in [3.63, 3.8) is 0 Å². The van der Waals surface area contributed by atoms with Gasteiger partial charge in [-0.1, -0.05) is 53.3 Å². The highest BCUT2D eigenvalue weighted by molar-refractivity contribution is 7.15. The SMILES string of the molecule is Cc1nnc(N2C(=O)C(=O)/C(=C(\O)c3ccc(Cl)cc3)C2c2ccccc2)s1. The zero-order valence-electron chi connectivity index (χ0n) is 14.7. The van der Waals surface area contributed by atoms with Gasteiger partial charge in [-0.25, -0.2) is 0 Å². The molecule has 0 bridgehead atoms. The molecule has 1 N–H and O–H groups in total. The van der Waals surface area contributed by atoms with Gasteiger partial charge >= 0.3 is 5.91 Å². The van der Waals surface area contributed by atoms with Gasteiger partial charge < -0.3 is 5.11 Å². The van der Waals surface area contributed by atoms with Gasteiger partial charge in [-0.15, -0.1) is 10.2 Å². The lowest BCUT2D eigenvalue weighted by molar-refractivity contribution is -0.132. The fourth-order valence-electron chi connectivity index (χ4n) is 3.13. The number of aryl methyl sites for hydroxylation is 1. The maximum Gasteiger partial charge on any atom is 0.301 e. The first-order chi connectivity index (χ1) is 13.5. The van der Waals surface area contributed by atoms with Crippen molar-refractivity contribution in [3.05, 3.63) is 81.3 Å². The van der Waals surface area contributed by atoms with E-state index in [4.69, 9.17) is 11.6 Å². The highest BCUT2D eigenvalue weighted by Crippen LogP contribution is 2.42. The summed E-state index contributed by atoms with van der Waals surface area (Å²) in [5.41, 5.74) is 1.09. The van der Waals surface area contributed by atoms with Crippen LogP contribution in [0, 0.1) is 6.92 Å². The summed E-state index contributed by atoms with van der Waals surface area (Å²) in [6, 6.07) is 14.7. The van der Waals surface area contributed by atoms with Gasteiger partial charge in [0.15, 0.2) is 0 Å². The Hall–Kier alpha value is -3.03. The molecule has 8 heteroatoms. The molecule has 1 amide bonds. The van der Waals surface area contributed by atoms with Gasteiger partial charge in [0.1, 0.15) is 10.8 Å². The second-order valence-corrected chi connectivity index (χ2v) is 7.79. The molecule has 0 spiro atoms. The summed E-state index contributed by atoms with van der Waals surface area (Å²) in [7, 11) is 0. The molecule has 0 radical (unpaired) electrons. The van der Waals surface area contributed by atoms with Crippen LogP contribution in [0.5, 0.6) is 0 Å². The topological polar surface area (TPSA) is 83.4 Å². The third kappa shape index (κ3) is 3.08. The van der Waals surface area contributed by atoms with Crippen LogP contribution in [-0.4, -0.2) is 27.0 Å². The van der Waals surface area contributed by atoms with E-state index in [2.05, 4.69) is 10.2 Å². The zero-order valence-corrected chi connectivity index (χ0v) is 16.2. The largest absolute Gasteiger partial charge is 0.507 e. The summed E-state index contributed by atoms with van der Waals surface area (Å²) in [4.78, 5) is 27.0. The number of Topliss-reactive ketones (excluding diaryl/α,β-unsaturated/α-hetero) is 1. The van der Waals surface area contributed by atoms with E-state index >= 15 is 0 Å². The van der Waals surface area contributed by atoms with Crippen LogP contribution in [-0.2, 0) is 9.59 Å². The number of ketones is 1. The minimum absolute atomic E-state index is 0.00590. The predicted octanol–water partition coefficient (Wildman–Crippen LogP) is 4.13. The van der Waals surface area contributed by atoms with E-state index in [0.717, 1.165) is 0 Å². The van der Waals surface area contributed by atoms with Crippen molar-refractivity contribution in [2.75, 3.05) is 4.90 Å². The lowest BCUT2D eigenvalue weighted by Crippen LogP contribution is -2.29. The number of amides is 1. The Kier molecular flexibility index (Phi) is 4.70. The summed E-state index contributed by atoms with van der Waals surface area (Å²) in [6.07, 6.45) is 0. The number of carbonyl (C=O) groups is 2. The molecule has 4 rings (SSSR count). The Balaban J connectivity index is 1.93. The van der Waals surface area contributed by atoms with Crippen LogP contribution in [0.4, 0.5) is 5.13 Å². The van der Waals surface area contributed by atoms with Crippen LogP contribution in [0.15, 0.2) is 60.2 Å². The van der Waals surface area contributed by atoms with E-state index in [1.54, 1.807) is 43.3 Å². The molecule has 140 valence electrons. The lowest BCUT2D eigenvalue weighted by atomic mass is 9.95. The van der Waals surface area contributed by atoms with Gasteiger partial charge in [-0.05, 0) is 36.8 Å². The number of benzene rings is 2. The highest BCUT2D eigenvalue weighted by atomic mass is 35.5. The number of aliphatic hydroxyl groups is 1. The number of halogens is 1. The summed E-state index contributed by atoms with van der Waals surface area (Å²) in [6.45, 7) is 1.77. The summed E-state index contributed by atoms with van der Waals surface area (Å²) in [5.74, 6) is -1.78. The maximum atomic E-state index is 12.9. The molecule has 1 unspecified atom stereocenters. The molecule has 28 heavy (non-hydrogen) atoms.